The first-order chi connectivity index (χ1) is 11.0. The first-order valence-electron chi connectivity index (χ1n) is 7.68. The zero-order valence-electron chi connectivity index (χ0n) is 13.7. The van der Waals surface area contributed by atoms with E-state index in [4.69, 9.17) is 17.0 Å². The molecule has 1 aliphatic rings. The van der Waals surface area contributed by atoms with Gasteiger partial charge in [0, 0.05) is 30.9 Å². The van der Waals surface area contributed by atoms with Gasteiger partial charge in [0.1, 0.15) is 5.75 Å². The van der Waals surface area contributed by atoms with Gasteiger partial charge < -0.3 is 9.72 Å². The molecule has 1 aromatic heterocycles. The summed E-state index contributed by atoms with van der Waals surface area (Å²) < 4.78 is 5.77. The molecule has 0 aliphatic carbocycles. The lowest BCUT2D eigenvalue weighted by atomic mass is 10.0. The van der Waals surface area contributed by atoms with Gasteiger partial charge in [0.15, 0.2) is 4.77 Å². The van der Waals surface area contributed by atoms with Crippen LogP contribution in [0, 0.1) is 18.6 Å². The summed E-state index contributed by atoms with van der Waals surface area (Å²) in [4.78, 5) is 20.1. The van der Waals surface area contributed by atoms with Crippen molar-refractivity contribution in [3.63, 3.8) is 0 Å². The molecule has 0 spiro atoms. The molecule has 0 bridgehead atoms. The van der Waals surface area contributed by atoms with Crippen molar-refractivity contribution < 1.29 is 4.74 Å². The summed E-state index contributed by atoms with van der Waals surface area (Å²) >= 11 is 5.08. The molecule has 0 saturated carbocycles. The Morgan fingerprint density at radius 2 is 2.04 bits per heavy atom. The highest BCUT2D eigenvalue weighted by molar-refractivity contribution is 7.71. The number of aromatic nitrogens is 2. The fourth-order valence-corrected chi connectivity index (χ4v) is 3.36. The van der Waals surface area contributed by atoms with E-state index in [-0.39, 0.29) is 5.56 Å². The molecule has 0 unspecified atom stereocenters. The number of aromatic amines is 2. The van der Waals surface area contributed by atoms with E-state index < -0.39 is 0 Å². The standard InChI is InChI=1S/C17H21N3O2S/c1-10-7-15(22-3)11(2)6-12(10)8-20-5-4-13-14(9-20)18-17(23)19-16(13)21/h6-7H,4-5,8-9H2,1-3H3,(H2,18,19,21,23). The quantitative estimate of drug-likeness (QED) is 0.849. The Labute approximate surface area is 140 Å². The van der Waals surface area contributed by atoms with Crippen molar-refractivity contribution in [3.8, 4) is 5.75 Å². The molecule has 6 heteroatoms. The summed E-state index contributed by atoms with van der Waals surface area (Å²) in [5.41, 5.74) is 5.36. The third-order valence-corrected chi connectivity index (χ3v) is 4.64. The van der Waals surface area contributed by atoms with Crippen LogP contribution in [0.3, 0.4) is 0 Å². The molecular formula is C17H21N3O2S. The van der Waals surface area contributed by atoms with Crippen LogP contribution in [0.4, 0.5) is 0 Å². The normalized spacial score (nSPS) is 14.6. The van der Waals surface area contributed by atoms with Crippen LogP contribution in [-0.4, -0.2) is 28.5 Å². The van der Waals surface area contributed by atoms with Crippen LogP contribution in [-0.2, 0) is 19.5 Å². The van der Waals surface area contributed by atoms with Crippen molar-refractivity contribution >= 4 is 12.2 Å². The van der Waals surface area contributed by atoms with Crippen LogP contribution >= 0.6 is 12.2 Å². The van der Waals surface area contributed by atoms with Gasteiger partial charge in [-0.05, 0) is 55.2 Å². The molecule has 122 valence electrons. The number of aryl methyl sites for hydroxylation is 2. The van der Waals surface area contributed by atoms with Crippen LogP contribution in [0.25, 0.3) is 0 Å². The van der Waals surface area contributed by atoms with Crippen molar-refractivity contribution in [1.29, 1.82) is 0 Å². The predicted octanol–water partition coefficient (Wildman–Crippen LogP) is 2.62. The van der Waals surface area contributed by atoms with Gasteiger partial charge in [0.05, 0.1) is 7.11 Å². The summed E-state index contributed by atoms with van der Waals surface area (Å²) in [6, 6.07) is 4.27. The molecule has 0 amide bonds. The molecule has 2 heterocycles. The lowest BCUT2D eigenvalue weighted by Gasteiger charge is -2.28. The number of methoxy groups -OCH3 is 1. The van der Waals surface area contributed by atoms with Crippen molar-refractivity contribution in [3.05, 3.63) is 55.2 Å². The Balaban J connectivity index is 1.84. The average Bonchev–Trinajstić information content (AvgIpc) is 2.50. The zero-order chi connectivity index (χ0) is 16.6. The maximum atomic E-state index is 11.9. The number of nitrogens with one attached hydrogen (secondary N) is 2. The van der Waals surface area contributed by atoms with Crippen LogP contribution in [0.5, 0.6) is 5.75 Å². The Bertz CT molecular complexity index is 854. The number of ether oxygens (including phenoxy) is 1. The lowest BCUT2D eigenvalue weighted by Crippen LogP contribution is -2.35. The van der Waals surface area contributed by atoms with E-state index in [0.29, 0.717) is 11.3 Å². The van der Waals surface area contributed by atoms with Gasteiger partial charge in [-0.25, -0.2) is 0 Å². The number of nitrogens with zero attached hydrogens (tertiary/aromatic N) is 1. The van der Waals surface area contributed by atoms with Crippen LogP contribution in [0.2, 0.25) is 0 Å². The third-order valence-electron chi connectivity index (χ3n) is 4.44. The monoisotopic (exact) mass is 331 g/mol. The number of fused-ring (bicyclic) bond motifs is 1. The molecule has 1 aliphatic heterocycles. The van der Waals surface area contributed by atoms with E-state index in [1.54, 1.807) is 7.11 Å². The molecule has 0 fully saturated rings. The van der Waals surface area contributed by atoms with E-state index >= 15 is 0 Å². The molecule has 1 aromatic carbocycles. The maximum absolute atomic E-state index is 11.9. The van der Waals surface area contributed by atoms with Gasteiger partial charge in [-0.2, -0.15) is 0 Å². The first kappa shape index (κ1) is 16.0. The minimum absolute atomic E-state index is 0.0557. The third kappa shape index (κ3) is 3.23. The van der Waals surface area contributed by atoms with Crippen molar-refractivity contribution in [2.75, 3.05) is 13.7 Å². The summed E-state index contributed by atoms with van der Waals surface area (Å²) in [5.74, 6) is 0.922. The van der Waals surface area contributed by atoms with Gasteiger partial charge in [-0.3, -0.25) is 14.7 Å². The van der Waals surface area contributed by atoms with Crippen LogP contribution < -0.4 is 10.3 Å². The number of rotatable bonds is 3. The summed E-state index contributed by atoms with van der Waals surface area (Å²) in [6.45, 7) is 6.60. The van der Waals surface area contributed by atoms with Gasteiger partial charge in [-0.1, -0.05) is 6.07 Å². The second-order valence-electron chi connectivity index (χ2n) is 6.07. The Morgan fingerprint density at radius 1 is 1.26 bits per heavy atom. The molecule has 3 rings (SSSR count). The second-order valence-corrected chi connectivity index (χ2v) is 6.48. The van der Waals surface area contributed by atoms with Gasteiger partial charge in [0.2, 0.25) is 0 Å². The fourth-order valence-electron chi connectivity index (χ4n) is 3.15. The van der Waals surface area contributed by atoms with E-state index in [9.17, 15) is 4.79 Å². The predicted molar refractivity (Wildman–Crippen MR) is 92.5 cm³/mol. The second kappa shape index (κ2) is 6.29. The minimum atomic E-state index is -0.0557. The topological polar surface area (TPSA) is 61.1 Å². The number of benzene rings is 1. The van der Waals surface area contributed by atoms with Crippen molar-refractivity contribution in [2.24, 2.45) is 0 Å². The molecule has 0 saturated heterocycles. The summed E-state index contributed by atoms with van der Waals surface area (Å²) in [7, 11) is 1.70. The molecule has 2 N–H and O–H groups in total. The minimum Gasteiger partial charge on any atom is -0.496 e. The van der Waals surface area contributed by atoms with Crippen LogP contribution in [0.1, 0.15) is 27.9 Å². The molecule has 2 aromatic rings. The van der Waals surface area contributed by atoms with Crippen molar-refractivity contribution in [1.82, 2.24) is 14.9 Å². The Morgan fingerprint density at radius 3 is 2.78 bits per heavy atom. The first-order valence-corrected chi connectivity index (χ1v) is 8.09. The highest BCUT2D eigenvalue weighted by Gasteiger charge is 2.20. The Kier molecular flexibility index (Phi) is 4.37. The number of hydrogen-bond acceptors (Lipinski definition) is 4. The van der Waals surface area contributed by atoms with E-state index in [0.717, 1.165) is 42.1 Å². The largest absolute Gasteiger partial charge is 0.496 e. The van der Waals surface area contributed by atoms with Gasteiger partial charge in [-0.15, -0.1) is 0 Å². The van der Waals surface area contributed by atoms with Gasteiger partial charge >= 0.3 is 0 Å². The van der Waals surface area contributed by atoms with Crippen molar-refractivity contribution in [2.45, 2.75) is 33.4 Å². The molecule has 0 radical (unpaired) electrons. The highest BCUT2D eigenvalue weighted by atomic mass is 32.1. The molecule has 5 nitrogen and oxygen atoms in total. The van der Waals surface area contributed by atoms with Gasteiger partial charge in [0.25, 0.3) is 5.56 Å². The number of H-pyrrole nitrogens is 2. The summed E-state index contributed by atoms with van der Waals surface area (Å²) in [5, 5.41) is 0. The fraction of sp³-hybridized carbons (Fsp3) is 0.412. The lowest BCUT2D eigenvalue weighted by molar-refractivity contribution is 0.239. The molecular weight excluding hydrogens is 310 g/mol. The molecule has 23 heavy (non-hydrogen) atoms. The maximum Gasteiger partial charge on any atom is 0.255 e. The molecule has 0 atom stereocenters. The average molecular weight is 331 g/mol. The SMILES string of the molecule is COc1cc(C)c(CN2CCc3c([nH]c(=S)[nH]c3=O)C2)cc1C. The highest BCUT2D eigenvalue weighted by Crippen LogP contribution is 2.24. The summed E-state index contributed by atoms with van der Waals surface area (Å²) in [6.07, 6.45) is 0.741. The van der Waals surface area contributed by atoms with Crippen LogP contribution in [0.15, 0.2) is 16.9 Å². The smallest absolute Gasteiger partial charge is 0.255 e. The van der Waals surface area contributed by atoms with E-state index in [2.05, 4.69) is 40.8 Å². The van der Waals surface area contributed by atoms with E-state index in [1.807, 2.05) is 0 Å². The van der Waals surface area contributed by atoms with E-state index in [1.165, 1.54) is 11.1 Å². The Hall–Kier alpha value is -1.92. The number of hydrogen-bond donors (Lipinski definition) is 2. The zero-order valence-corrected chi connectivity index (χ0v) is 14.5.